The average Bonchev–Trinajstić information content (AvgIpc) is 2.38. The first-order chi connectivity index (χ1) is 9.05. The molecule has 2 atom stereocenters. The lowest BCUT2D eigenvalue weighted by Crippen LogP contribution is -2.24. The topological polar surface area (TPSA) is 81.8 Å². The van der Waals surface area contributed by atoms with Gasteiger partial charge in [-0.1, -0.05) is 0 Å². The van der Waals surface area contributed by atoms with Crippen LogP contribution in [0.2, 0.25) is 0 Å². The minimum absolute atomic E-state index is 0.0641. The van der Waals surface area contributed by atoms with Crippen molar-refractivity contribution in [3.05, 3.63) is 24.3 Å². The molecule has 0 unspecified atom stereocenters. The van der Waals surface area contributed by atoms with Crippen LogP contribution in [0.4, 0.5) is 0 Å². The summed E-state index contributed by atoms with van der Waals surface area (Å²) in [7, 11) is 1.61. The van der Waals surface area contributed by atoms with E-state index in [0.717, 1.165) is 11.5 Å². The third-order valence-corrected chi connectivity index (χ3v) is 2.86. The van der Waals surface area contributed by atoms with Gasteiger partial charge in [0.25, 0.3) is 0 Å². The standard InChI is InChI=1S/C14H21NO4/c1-10(7-11(9-15)8-14(16)17)19-13-5-3-12(18-2)4-6-13/h3-6,10-11H,7-9,15H2,1-2H3,(H,16,17)/t10-,11-/m0/s1. The highest BCUT2D eigenvalue weighted by atomic mass is 16.5. The highest BCUT2D eigenvalue weighted by Gasteiger charge is 2.16. The third kappa shape index (κ3) is 5.61. The predicted octanol–water partition coefficient (Wildman–Crippen LogP) is 1.90. The number of ether oxygens (including phenoxy) is 2. The summed E-state index contributed by atoms with van der Waals surface area (Å²) >= 11 is 0. The van der Waals surface area contributed by atoms with Gasteiger partial charge in [-0.25, -0.2) is 0 Å². The summed E-state index contributed by atoms with van der Waals surface area (Å²) in [5.74, 6) is 0.614. The Hall–Kier alpha value is -1.75. The van der Waals surface area contributed by atoms with E-state index in [2.05, 4.69) is 0 Å². The Labute approximate surface area is 113 Å². The maximum Gasteiger partial charge on any atom is 0.303 e. The van der Waals surface area contributed by atoms with Gasteiger partial charge < -0.3 is 20.3 Å². The molecule has 1 aromatic rings. The first-order valence-electron chi connectivity index (χ1n) is 6.27. The Morgan fingerprint density at radius 3 is 2.37 bits per heavy atom. The third-order valence-electron chi connectivity index (χ3n) is 2.86. The number of carboxylic acid groups (broad SMARTS) is 1. The summed E-state index contributed by atoms with van der Waals surface area (Å²) in [6.07, 6.45) is 0.614. The molecule has 1 aromatic carbocycles. The molecule has 0 aromatic heterocycles. The molecule has 19 heavy (non-hydrogen) atoms. The molecule has 3 N–H and O–H groups in total. The van der Waals surface area contributed by atoms with Crippen molar-refractivity contribution < 1.29 is 19.4 Å². The Kier molecular flexibility index (Phi) is 6.15. The monoisotopic (exact) mass is 267 g/mol. The lowest BCUT2D eigenvalue weighted by atomic mass is 9.99. The zero-order valence-electron chi connectivity index (χ0n) is 11.3. The number of hydrogen-bond acceptors (Lipinski definition) is 4. The number of carbonyl (C=O) groups is 1. The van der Waals surface area contributed by atoms with Crippen LogP contribution in [0.15, 0.2) is 24.3 Å². The van der Waals surface area contributed by atoms with Gasteiger partial charge in [0.05, 0.1) is 13.2 Å². The second kappa shape index (κ2) is 7.63. The van der Waals surface area contributed by atoms with E-state index in [4.69, 9.17) is 20.3 Å². The number of benzene rings is 1. The van der Waals surface area contributed by atoms with Crippen molar-refractivity contribution >= 4 is 5.97 Å². The van der Waals surface area contributed by atoms with Gasteiger partial charge in [-0.2, -0.15) is 0 Å². The summed E-state index contributed by atoms with van der Waals surface area (Å²) in [6.45, 7) is 2.26. The molecule has 0 aliphatic carbocycles. The zero-order chi connectivity index (χ0) is 14.3. The molecule has 0 aliphatic heterocycles. The number of rotatable bonds is 8. The quantitative estimate of drug-likeness (QED) is 0.751. The molecule has 5 heteroatoms. The van der Waals surface area contributed by atoms with Crippen LogP contribution in [-0.4, -0.2) is 30.8 Å². The summed E-state index contributed by atoms with van der Waals surface area (Å²) in [5, 5.41) is 8.77. The van der Waals surface area contributed by atoms with Crippen molar-refractivity contribution in [1.82, 2.24) is 0 Å². The van der Waals surface area contributed by atoms with E-state index in [9.17, 15) is 4.79 Å². The van der Waals surface area contributed by atoms with E-state index in [1.807, 2.05) is 31.2 Å². The second-order valence-electron chi connectivity index (χ2n) is 4.54. The molecule has 5 nitrogen and oxygen atoms in total. The van der Waals surface area contributed by atoms with Gasteiger partial charge in [-0.05, 0) is 50.1 Å². The highest BCUT2D eigenvalue weighted by Crippen LogP contribution is 2.20. The molecular weight excluding hydrogens is 246 g/mol. The van der Waals surface area contributed by atoms with Gasteiger partial charge in [0.15, 0.2) is 0 Å². The summed E-state index contributed by atoms with van der Waals surface area (Å²) < 4.78 is 10.8. The smallest absolute Gasteiger partial charge is 0.303 e. The summed E-state index contributed by atoms with van der Waals surface area (Å²) in [5.41, 5.74) is 5.57. The number of methoxy groups -OCH3 is 1. The maximum absolute atomic E-state index is 10.7. The fraction of sp³-hybridized carbons (Fsp3) is 0.500. The zero-order valence-corrected chi connectivity index (χ0v) is 11.3. The molecular formula is C14H21NO4. The lowest BCUT2D eigenvalue weighted by molar-refractivity contribution is -0.138. The van der Waals surface area contributed by atoms with Crippen LogP contribution >= 0.6 is 0 Å². The van der Waals surface area contributed by atoms with Crippen LogP contribution in [0.25, 0.3) is 0 Å². The van der Waals surface area contributed by atoms with E-state index in [1.165, 1.54) is 0 Å². The van der Waals surface area contributed by atoms with Gasteiger partial charge in [0.1, 0.15) is 11.5 Å². The fourth-order valence-electron chi connectivity index (χ4n) is 1.91. The van der Waals surface area contributed by atoms with Crippen molar-refractivity contribution in [3.8, 4) is 11.5 Å². The normalized spacial score (nSPS) is 13.6. The average molecular weight is 267 g/mol. The summed E-state index contributed by atoms with van der Waals surface area (Å²) in [4.78, 5) is 10.7. The predicted molar refractivity (Wildman–Crippen MR) is 72.5 cm³/mol. The van der Waals surface area contributed by atoms with Gasteiger partial charge in [0, 0.05) is 6.42 Å². The van der Waals surface area contributed by atoms with Crippen molar-refractivity contribution in [2.24, 2.45) is 11.7 Å². The molecule has 0 aliphatic rings. The molecule has 0 saturated heterocycles. The van der Waals surface area contributed by atoms with E-state index in [-0.39, 0.29) is 18.4 Å². The van der Waals surface area contributed by atoms with Crippen molar-refractivity contribution in [3.63, 3.8) is 0 Å². The van der Waals surface area contributed by atoms with Crippen LogP contribution in [0.5, 0.6) is 11.5 Å². The molecule has 106 valence electrons. The number of aliphatic carboxylic acids is 1. The van der Waals surface area contributed by atoms with E-state index in [0.29, 0.717) is 13.0 Å². The Bertz CT molecular complexity index is 391. The van der Waals surface area contributed by atoms with Crippen LogP contribution in [0.3, 0.4) is 0 Å². The van der Waals surface area contributed by atoms with Gasteiger partial charge >= 0.3 is 5.97 Å². The highest BCUT2D eigenvalue weighted by molar-refractivity contribution is 5.67. The molecule has 0 radical (unpaired) electrons. The minimum atomic E-state index is -0.827. The molecule has 0 saturated carbocycles. The van der Waals surface area contributed by atoms with Crippen LogP contribution in [0, 0.1) is 5.92 Å². The number of hydrogen-bond donors (Lipinski definition) is 2. The van der Waals surface area contributed by atoms with Gasteiger partial charge in [0.2, 0.25) is 0 Å². The minimum Gasteiger partial charge on any atom is -0.497 e. The Morgan fingerprint density at radius 2 is 1.89 bits per heavy atom. The van der Waals surface area contributed by atoms with Crippen LogP contribution < -0.4 is 15.2 Å². The Balaban J connectivity index is 2.48. The van der Waals surface area contributed by atoms with E-state index >= 15 is 0 Å². The van der Waals surface area contributed by atoms with E-state index in [1.54, 1.807) is 7.11 Å². The first kappa shape index (κ1) is 15.3. The lowest BCUT2D eigenvalue weighted by Gasteiger charge is -2.19. The van der Waals surface area contributed by atoms with Gasteiger partial charge in [-0.3, -0.25) is 4.79 Å². The van der Waals surface area contributed by atoms with E-state index < -0.39 is 5.97 Å². The first-order valence-corrected chi connectivity index (χ1v) is 6.27. The molecule has 0 amide bonds. The maximum atomic E-state index is 10.7. The fourth-order valence-corrected chi connectivity index (χ4v) is 1.91. The molecule has 0 bridgehead atoms. The summed E-state index contributed by atoms with van der Waals surface area (Å²) in [6, 6.07) is 7.29. The largest absolute Gasteiger partial charge is 0.497 e. The second-order valence-corrected chi connectivity index (χ2v) is 4.54. The van der Waals surface area contributed by atoms with Crippen LogP contribution in [0.1, 0.15) is 19.8 Å². The van der Waals surface area contributed by atoms with Crippen molar-refractivity contribution in [2.75, 3.05) is 13.7 Å². The molecule has 0 spiro atoms. The molecule has 0 fully saturated rings. The molecule has 0 heterocycles. The van der Waals surface area contributed by atoms with Crippen molar-refractivity contribution in [2.45, 2.75) is 25.9 Å². The number of carboxylic acids is 1. The van der Waals surface area contributed by atoms with Crippen LogP contribution in [-0.2, 0) is 4.79 Å². The number of nitrogens with two attached hydrogens (primary N) is 1. The Morgan fingerprint density at radius 1 is 1.32 bits per heavy atom. The SMILES string of the molecule is COc1ccc(O[C@@H](C)C[C@H](CN)CC(=O)O)cc1. The molecule has 1 rings (SSSR count). The van der Waals surface area contributed by atoms with Crippen molar-refractivity contribution in [1.29, 1.82) is 0 Å². The van der Waals surface area contributed by atoms with Gasteiger partial charge in [-0.15, -0.1) is 0 Å².